The van der Waals surface area contributed by atoms with Gasteiger partial charge in [-0.3, -0.25) is 4.79 Å². The molecule has 0 radical (unpaired) electrons. The predicted octanol–water partition coefficient (Wildman–Crippen LogP) is 1.96. The molecule has 0 saturated heterocycles. The number of benzene rings is 1. The number of amides is 1. The van der Waals surface area contributed by atoms with Crippen molar-refractivity contribution in [3.05, 3.63) is 29.3 Å². The molecule has 0 heterocycles. The summed E-state index contributed by atoms with van der Waals surface area (Å²) in [6, 6.07) is 5.74. The molecule has 0 bridgehead atoms. The zero-order valence-corrected chi connectivity index (χ0v) is 12.6. The monoisotopic (exact) mass is 279 g/mol. The molecule has 0 spiro atoms. The Morgan fingerprint density at radius 2 is 2.00 bits per heavy atom. The van der Waals surface area contributed by atoms with E-state index in [1.165, 1.54) is 0 Å². The number of carbonyl (C=O) groups excluding carboxylic acids is 1. The first-order chi connectivity index (χ1) is 8.69. The van der Waals surface area contributed by atoms with Crippen molar-refractivity contribution in [2.75, 3.05) is 11.9 Å². The number of aryl methyl sites for hydroxylation is 1. The Bertz CT molecular complexity index is 492. The van der Waals surface area contributed by atoms with E-state index in [-0.39, 0.29) is 18.0 Å². The molecule has 0 aliphatic rings. The van der Waals surface area contributed by atoms with Crippen molar-refractivity contribution < 1.29 is 4.79 Å². The number of nitrogens with two attached hydrogens (primary N) is 1. The maximum Gasteiger partial charge on any atom is 0.239 e. The molecule has 0 atom stereocenters. The van der Waals surface area contributed by atoms with Crippen molar-refractivity contribution in [3.63, 3.8) is 0 Å². The molecule has 1 aromatic rings. The van der Waals surface area contributed by atoms with Crippen LogP contribution in [0.2, 0.25) is 0 Å². The lowest BCUT2D eigenvalue weighted by Crippen LogP contribution is -2.43. The van der Waals surface area contributed by atoms with Crippen molar-refractivity contribution in [3.8, 4) is 0 Å². The van der Waals surface area contributed by atoms with Crippen LogP contribution in [0.15, 0.2) is 18.2 Å². The molecular formula is C14H21N3OS. The lowest BCUT2D eigenvalue weighted by atomic mass is 10.1. The maximum atomic E-state index is 11.7. The number of rotatable bonds is 4. The van der Waals surface area contributed by atoms with Gasteiger partial charge in [0.15, 0.2) is 0 Å². The van der Waals surface area contributed by atoms with E-state index < -0.39 is 0 Å². The minimum Gasteiger partial charge on any atom is -0.389 e. The maximum absolute atomic E-state index is 11.7. The highest BCUT2D eigenvalue weighted by Gasteiger charge is 2.14. The minimum atomic E-state index is -0.238. The van der Waals surface area contributed by atoms with Gasteiger partial charge in [0.05, 0.1) is 6.54 Å². The molecule has 1 aromatic carbocycles. The van der Waals surface area contributed by atoms with Gasteiger partial charge in [0.25, 0.3) is 0 Å². The Balaban J connectivity index is 2.73. The van der Waals surface area contributed by atoms with E-state index >= 15 is 0 Å². The molecule has 0 aliphatic carbocycles. The van der Waals surface area contributed by atoms with Gasteiger partial charge < -0.3 is 16.4 Å². The predicted molar refractivity (Wildman–Crippen MR) is 83.5 cm³/mol. The Hall–Kier alpha value is -1.62. The summed E-state index contributed by atoms with van der Waals surface area (Å²) in [5.41, 5.74) is 8.06. The van der Waals surface area contributed by atoms with Crippen LogP contribution in [0.1, 0.15) is 31.9 Å². The second-order valence-corrected chi connectivity index (χ2v) is 6.00. The van der Waals surface area contributed by atoms with Crippen LogP contribution in [0.5, 0.6) is 0 Å². The van der Waals surface area contributed by atoms with Gasteiger partial charge in [0.2, 0.25) is 5.91 Å². The fourth-order valence-corrected chi connectivity index (χ4v) is 1.82. The number of anilines is 1. The number of hydrogen-bond donors (Lipinski definition) is 3. The van der Waals surface area contributed by atoms with Crippen LogP contribution >= 0.6 is 12.2 Å². The zero-order valence-electron chi connectivity index (χ0n) is 11.8. The van der Waals surface area contributed by atoms with E-state index in [2.05, 4.69) is 10.6 Å². The second-order valence-electron chi connectivity index (χ2n) is 5.57. The van der Waals surface area contributed by atoms with Crippen LogP contribution in [-0.4, -0.2) is 23.0 Å². The van der Waals surface area contributed by atoms with E-state index in [1.807, 2.05) is 45.9 Å². The molecule has 1 rings (SSSR count). The highest BCUT2D eigenvalue weighted by molar-refractivity contribution is 7.80. The number of hydrogen-bond acceptors (Lipinski definition) is 3. The first-order valence-corrected chi connectivity index (χ1v) is 6.55. The minimum absolute atomic E-state index is 0.0676. The molecule has 4 N–H and O–H groups in total. The van der Waals surface area contributed by atoms with Crippen molar-refractivity contribution in [2.24, 2.45) is 5.73 Å². The number of carbonyl (C=O) groups is 1. The van der Waals surface area contributed by atoms with Crippen LogP contribution in [0.25, 0.3) is 0 Å². The van der Waals surface area contributed by atoms with Gasteiger partial charge in [-0.25, -0.2) is 0 Å². The van der Waals surface area contributed by atoms with Crippen molar-refractivity contribution >= 4 is 28.8 Å². The third-order valence-electron chi connectivity index (χ3n) is 2.39. The zero-order chi connectivity index (χ0) is 14.6. The van der Waals surface area contributed by atoms with E-state index in [4.69, 9.17) is 18.0 Å². The van der Waals surface area contributed by atoms with Crippen LogP contribution in [0.4, 0.5) is 5.69 Å². The van der Waals surface area contributed by atoms with Crippen LogP contribution in [-0.2, 0) is 4.79 Å². The molecule has 4 nitrogen and oxygen atoms in total. The summed E-state index contributed by atoms with van der Waals surface area (Å²) < 4.78 is 0. The molecular weight excluding hydrogens is 258 g/mol. The molecule has 5 heteroatoms. The molecule has 19 heavy (non-hydrogen) atoms. The van der Waals surface area contributed by atoms with Crippen molar-refractivity contribution in [1.29, 1.82) is 0 Å². The SMILES string of the molecule is Cc1ccc(NCC(=O)NC(C)(C)C)c(C(N)=S)c1. The summed E-state index contributed by atoms with van der Waals surface area (Å²) in [5.74, 6) is -0.0676. The average molecular weight is 279 g/mol. The van der Waals surface area contributed by atoms with Gasteiger partial charge in [-0.2, -0.15) is 0 Å². The first-order valence-electron chi connectivity index (χ1n) is 6.14. The molecule has 0 fully saturated rings. The molecule has 1 amide bonds. The lowest BCUT2D eigenvalue weighted by molar-refractivity contribution is -0.120. The molecule has 0 aromatic heterocycles. The lowest BCUT2D eigenvalue weighted by Gasteiger charge is -2.21. The smallest absolute Gasteiger partial charge is 0.239 e. The summed E-state index contributed by atoms with van der Waals surface area (Å²) in [4.78, 5) is 12.1. The standard InChI is InChI=1S/C14H21N3OS/c1-9-5-6-11(10(7-9)13(15)19)16-8-12(18)17-14(2,3)4/h5-7,16H,8H2,1-4H3,(H2,15,19)(H,17,18). The van der Waals surface area contributed by atoms with Gasteiger partial charge in [-0.15, -0.1) is 0 Å². The Kier molecular flexibility index (Phi) is 4.89. The Morgan fingerprint density at radius 1 is 1.37 bits per heavy atom. The van der Waals surface area contributed by atoms with E-state index in [9.17, 15) is 4.79 Å². The summed E-state index contributed by atoms with van der Waals surface area (Å²) in [7, 11) is 0. The van der Waals surface area contributed by atoms with E-state index in [0.29, 0.717) is 4.99 Å². The average Bonchev–Trinajstić information content (AvgIpc) is 2.24. The van der Waals surface area contributed by atoms with Crippen molar-refractivity contribution in [1.82, 2.24) is 5.32 Å². The molecule has 0 aliphatic heterocycles. The topological polar surface area (TPSA) is 67.2 Å². The van der Waals surface area contributed by atoms with Gasteiger partial charge >= 0.3 is 0 Å². The second kappa shape index (κ2) is 6.02. The first kappa shape index (κ1) is 15.4. The van der Waals surface area contributed by atoms with Crippen LogP contribution < -0.4 is 16.4 Å². The van der Waals surface area contributed by atoms with Gasteiger partial charge in [-0.1, -0.05) is 23.8 Å². The molecule has 0 unspecified atom stereocenters. The third kappa shape index (κ3) is 5.26. The van der Waals surface area contributed by atoms with Gasteiger partial charge in [0.1, 0.15) is 4.99 Å². The number of thiocarbonyl (C=S) groups is 1. The molecule has 104 valence electrons. The fourth-order valence-electron chi connectivity index (χ4n) is 1.65. The summed E-state index contributed by atoms with van der Waals surface area (Å²) >= 11 is 5.01. The van der Waals surface area contributed by atoms with E-state index in [1.54, 1.807) is 0 Å². The quantitative estimate of drug-likeness (QED) is 0.737. The third-order valence-corrected chi connectivity index (χ3v) is 2.61. The highest BCUT2D eigenvalue weighted by Crippen LogP contribution is 2.17. The Labute approximate surface area is 119 Å². The highest BCUT2D eigenvalue weighted by atomic mass is 32.1. The van der Waals surface area contributed by atoms with Gasteiger partial charge in [0, 0.05) is 16.8 Å². The summed E-state index contributed by atoms with van der Waals surface area (Å²) in [6.45, 7) is 7.99. The summed E-state index contributed by atoms with van der Waals surface area (Å²) in [5, 5.41) is 5.95. The van der Waals surface area contributed by atoms with Crippen molar-refractivity contribution in [2.45, 2.75) is 33.2 Å². The van der Waals surface area contributed by atoms with E-state index in [0.717, 1.165) is 16.8 Å². The van der Waals surface area contributed by atoms with Crippen LogP contribution in [0, 0.1) is 6.92 Å². The van der Waals surface area contributed by atoms with Gasteiger partial charge in [-0.05, 0) is 39.8 Å². The molecule has 0 saturated carbocycles. The normalized spacial score (nSPS) is 10.9. The largest absolute Gasteiger partial charge is 0.389 e. The fraction of sp³-hybridized carbons (Fsp3) is 0.429. The Morgan fingerprint density at radius 3 is 2.53 bits per heavy atom. The number of nitrogens with one attached hydrogen (secondary N) is 2. The summed E-state index contributed by atoms with van der Waals surface area (Å²) in [6.07, 6.45) is 0. The van der Waals surface area contributed by atoms with Crippen LogP contribution in [0.3, 0.4) is 0 Å².